The maximum atomic E-state index is 11.9. The van der Waals surface area contributed by atoms with Crippen LogP contribution in [0.1, 0.15) is 38.5 Å². The van der Waals surface area contributed by atoms with E-state index in [1.807, 2.05) is 30.3 Å². The van der Waals surface area contributed by atoms with Crippen molar-refractivity contribution in [1.29, 1.82) is 0 Å². The fraction of sp³-hybridized carbons (Fsp3) is 0.500. The van der Waals surface area contributed by atoms with Gasteiger partial charge in [-0.1, -0.05) is 12.2 Å². The molecule has 0 saturated carbocycles. The minimum absolute atomic E-state index is 0.233. The number of carbonyl (C=O) groups excluding carboxylic acids is 2. The summed E-state index contributed by atoms with van der Waals surface area (Å²) < 4.78 is 5.06. The average Bonchev–Trinajstić information content (AvgIpc) is 3.14. The SMILES string of the molecule is O=C(COC(=O)C[C@H]1C=CCC1)Nc1ccc(N2CCCCC2)cc1. The van der Waals surface area contributed by atoms with Crippen molar-refractivity contribution in [1.82, 2.24) is 0 Å². The predicted molar refractivity (Wildman–Crippen MR) is 98.6 cm³/mol. The van der Waals surface area contributed by atoms with Gasteiger partial charge in [0, 0.05) is 24.5 Å². The molecule has 134 valence electrons. The van der Waals surface area contributed by atoms with Gasteiger partial charge in [0.15, 0.2) is 6.61 Å². The zero-order valence-electron chi connectivity index (χ0n) is 14.6. The molecule has 1 aliphatic heterocycles. The van der Waals surface area contributed by atoms with E-state index in [0.717, 1.165) is 31.6 Å². The standard InChI is InChI=1S/C20H26N2O3/c23-19(15-25-20(24)14-16-6-2-3-7-16)21-17-8-10-18(11-9-17)22-12-4-1-5-13-22/h2,6,8-11,16H,1,3-5,7,12-15H2,(H,21,23)/t16-/m0/s1. The first-order chi connectivity index (χ1) is 12.2. The van der Waals surface area contributed by atoms with Crippen molar-refractivity contribution < 1.29 is 14.3 Å². The number of hydrogen-bond acceptors (Lipinski definition) is 4. The molecule has 0 unspecified atom stereocenters. The van der Waals surface area contributed by atoms with Crippen LogP contribution >= 0.6 is 0 Å². The van der Waals surface area contributed by atoms with Crippen LogP contribution in [0.15, 0.2) is 36.4 Å². The molecule has 3 rings (SSSR count). The number of anilines is 2. The number of amides is 1. The van der Waals surface area contributed by atoms with Gasteiger partial charge in [-0.2, -0.15) is 0 Å². The molecule has 0 aromatic heterocycles. The molecular weight excluding hydrogens is 316 g/mol. The Morgan fingerprint density at radius 3 is 2.56 bits per heavy atom. The van der Waals surface area contributed by atoms with E-state index in [1.54, 1.807) is 0 Å². The van der Waals surface area contributed by atoms with Gasteiger partial charge < -0.3 is 15.0 Å². The van der Waals surface area contributed by atoms with Crippen LogP contribution in [-0.4, -0.2) is 31.6 Å². The maximum Gasteiger partial charge on any atom is 0.306 e. The molecular formula is C20H26N2O3. The first-order valence-electron chi connectivity index (χ1n) is 9.18. The second-order valence-corrected chi connectivity index (χ2v) is 6.77. The Hall–Kier alpha value is -2.30. The van der Waals surface area contributed by atoms with Crippen molar-refractivity contribution in [3.63, 3.8) is 0 Å². The summed E-state index contributed by atoms with van der Waals surface area (Å²) in [6.07, 6.45) is 10.3. The summed E-state index contributed by atoms with van der Waals surface area (Å²) in [4.78, 5) is 26.0. The Balaban J connectivity index is 1.41. The van der Waals surface area contributed by atoms with Crippen LogP contribution in [-0.2, 0) is 14.3 Å². The predicted octanol–water partition coefficient (Wildman–Crippen LogP) is 3.51. The summed E-state index contributed by atoms with van der Waals surface area (Å²) in [5.74, 6) is -0.355. The summed E-state index contributed by atoms with van der Waals surface area (Å²) >= 11 is 0. The van der Waals surface area contributed by atoms with Gasteiger partial charge in [-0.05, 0) is 62.3 Å². The van der Waals surface area contributed by atoms with Crippen LogP contribution in [0.3, 0.4) is 0 Å². The number of nitrogens with one attached hydrogen (secondary N) is 1. The molecule has 1 atom stereocenters. The molecule has 1 N–H and O–H groups in total. The van der Waals surface area contributed by atoms with Crippen molar-refractivity contribution in [2.45, 2.75) is 38.5 Å². The summed E-state index contributed by atoms with van der Waals surface area (Å²) in [6.45, 7) is 1.96. The zero-order chi connectivity index (χ0) is 17.5. The van der Waals surface area contributed by atoms with Crippen LogP contribution in [0.4, 0.5) is 11.4 Å². The van der Waals surface area contributed by atoms with Gasteiger partial charge in [-0.25, -0.2) is 0 Å². The third-order valence-corrected chi connectivity index (χ3v) is 4.78. The van der Waals surface area contributed by atoms with E-state index in [2.05, 4.69) is 16.3 Å². The van der Waals surface area contributed by atoms with Crippen molar-refractivity contribution in [3.8, 4) is 0 Å². The number of ether oxygens (including phenoxy) is 1. The summed E-state index contributed by atoms with van der Waals surface area (Å²) in [5.41, 5.74) is 1.91. The number of esters is 1. The molecule has 1 heterocycles. The fourth-order valence-corrected chi connectivity index (χ4v) is 3.39. The highest BCUT2D eigenvalue weighted by Crippen LogP contribution is 2.22. The first-order valence-corrected chi connectivity index (χ1v) is 9.18. The summed E-state index contributed by atoms with van der Waals surface area (Å²) in [6, 6.07) is 7.85. The molecule has 1 aromatic rings. The number of nitrogens with zero attached hydrogens (tertiary/aromatic N) is 1. The number of carbonyl (C=O) groups is 2. The van der Waals surface area contributed by atoms with Crippen molar-refractivity contribution >= 4 is 23.3 Å². The van der Waals surface area contributed by atoms with Gasteiger partial charge in [-0.15, -0.1) is 0 Å². The third-order valence-electron chi connectivity index (χ3n) is 4.78. The Kier molecular flexibility index (Phi) is 6.09. The monoisotopic (exact) mass is 342 g/mol. The number of hydrogen-bond donors (Lipinski definition) is 1. The number of piperidine rings is 1. The van der Waals surface area contributed by atoms with E-state index >= 15 is 0 Å². The molecule has 1 amide bonds. The molecule has 1 aliphatic carbocycles. The topological polar surface area (TPSA) is 58.6 Å². The zero-order valence-corrected chi connectivity index (χ0v) is 14.6. The molecule has 1 fully saturated rings. The molecule has 5 heteroatoms. The maximum absolute atomic E-state index is 11.9. The Labute approximate surface area is 149 Å². The minimum atomic E-state index is -0.313. The molecule has 1 saturated heterocycles. The van der Waals surface area contributed by atoms with E-state index in [4.69, 9.17) is 4.74 Å². The highest BCUT2D eigenvalue weighted by atomic mass is 16.5. The Morgan fingerprint density at radius 1 is 1.12 bits per heavy atom. The number of allylic oxidation sites excluding steroid dienone is 2. The van der Waals surface area contributed by atoms with Crippen molar-refractivity contribution in [2.24, 2.45) is 5.92 Å². The lowest BCUT2D eigenvalue weighted by atomic mass is 10.1. The van der Waals surface area contributed by atoms with Crippen LogP contribution in [0.5, 0.6) is 0 Å². The van der Waals surface area contributed by atoms with E-state index in [9.17, 15) is 9.59 Å². The second kappa shape index (κ2) is 8.70. The van der Waals surface area contributed by atoms with Crippen LogP contribution in [0, 0.1) is 5.92 Å². The molecule has 0 bridgehead atoms. The van der Waals surface area contributed by atoms with Gasteiger partial charge in [0.2, 0.25) is 0 Å². The van der Waals surface area contributed by atoms with Crippen LogP contribution < -0.4 is 10.2 Å². The lowest BCUT2D eigenvalue weighted by molar-refractivity contribution is -0.147. The molecule has 5 nitrogen and oxygen atoms in total. The first kappa shape index (κ1) is 17.5. The van der Waals surface area contributed by atoms with Crippen molar-refractivity contribution in [2.75, 3.05) is 29.9 Å². The van der Waals surface area contributed by atoms with Gasteiger partial charge in [0.25, 0.3) is 5.91 Å². The highest BCUT2D eigenvalue weighted by molar-refractivity contribution is 5.93. The molecule has 0 radical (unpaired) electrons. The Morgan fingerprint density at radius 2 is 1.88 bits per heavy atom. The quantitative estimate of drug-likeness (QED) is 0.635. The molecule has 1 aromatic carbocycles. The number of benzene rings is 1. The van der Waals surface area contributed by atoms with Gasteiger partial charge >= 0.3 is 5.97 Å². The summed E-state index contributed by atoms with van der Waals surface area (Å²) in [5, 5.41) is 2.77. The molecule has 25 heavy (non-hydrogen) atoms. The Bertz CT molecular complexity index is 618. The van der Waals surface area contributed by atoms with E-state index < -0.39 is 0 Å². The lowest BCUT2D eigenvalue weighted by Crippen LogP contribution is -2.29. The van der Waals surface area contributed by atoms with E-state index in [1.165, 1.54) is 24.9 Å². The largest absolute Gasteiger partial charge is 0.456 e. The van der Waals surface area contributed by atoms with E-state index in [0.29, 0.717) is 6.42 Å². The molecule has 2 aliphatic rings. The van der Waals surface area contributed by atoms with Crippen LogP contribution in [0.25, 0.3) is 0 Å². The third kappa shape index (κ3) is 5.34. The fourth-order valence-electron chi connectivity index (χ4n) is 3.39. The smallest absolute Gasteiger partial charge is 0.306 e. The minimum Gasteiger partial charge on any atom is -0.456 e. The highest BCUT2D eigenvalue weighted by Gasteiger charge is 2.16. The van der Waals surface area contributed by atoms with Gasteiger partial charge in [0.1, 0.15) is 0 Å². The van der Waals surface area contributed by atoms with E-state index in [-0.39, 0.29) is 24.4 Å². The van der Waals surface area contributed by atoms with Crippen LogP contribution in [0.2, 0.25) is 0 Å². The number of rotatable bonds is 6. The second-order valence-electron chi connectivity index (χ2n) is 6.77. The van der Waals surface area contributed by atoms with Crippen molar-refractivity contribution in [3.05, 3.63) is 36.4 Å². The van der Waals surface area contributed by atoms with Gasteiger partial charge in [-0.3, -0.25) is 9.59 Å². The molecule has 0 spiro atoms. The average molecular weight is 342 g/mol. The summed E-state index contributed by atoms with van der Waals surface area (Å²) in [7, 11) is 0. The van der Waals surface area contributed by atoms with Gasteiger partial charge in [0.05, 0.1) is 6.42 Å². The normalized spacial score (nSPS) is 19.7. The lowest BCUT2D eigenvalue weighted by Gasteiger charge is -2.28.